The lowest BCUT2D eigenvalue weighted by molar-refractivity contribution is 0.100. The van der Waals surface area contributed by atoms with Crippen molar-refractivity contribution in [2.45, 2.75) is 13.3 Å². The first-order chi connectivity index (χ1) is 6.65. The summed E-state index contributed by atoms with van der Waals surface area (Å²) in [5, 5.41) is 0. The van der Waals surface area contributed by atoms with Gasteiger partial charge in [-0.2, -0.15) is 0 Å². The second-order valence-corrected chi connectivity index (χ2v) is 3.33. The van der Waals surface area contributed by atoms with Gasteiger partial charge in [0, 0.05) is 24.8 Å². The van der Waals surface area contributed by atoms with Crippen molar-refractivity contribution in [1.29, 1.82) is 0 Å². The molecule has 3 nitrogen and oxygen atoms in total. The lowest BCUT2D eigenvalue weighted by Crippen LogP contribution is -2.18. The monoisotopic (exact) mass is 192 g/mol. The van der Waals surface area contributed by atoms with E-state index in [1.54, 1.807) is 12.1 Å². The van der Waals surface area contributed by atoms with Crippen molar-refractivity contribution in [1.82, 2.24) is 0 Å². The smallest absolute Gasteiger partial charge is 0.248 e. The van der Waals surface area contributed by atoms with Crippen LogP contribution in [0.2, 0.25) is 0 Å². The van der Waals surface area contributed by atoms with E-state index in [0.717, 1.165) is 18.7 Å². The fraction of sp³-hybridized carbons (Fsp3) is 0.364. The van der Waals surface area contributed by atoms with E-state index in [4.69, 9.17) is 5.73 Å². The van der Waals surface area contributed by atoms with E-state index in [1.807, 2.05) is 19.2 Å². The molecule has 0 aliphatic carbocycles. The van der Waals surface area contributed by atoms with Crippen LogP contribution in [0.1, 0.15) is 23.7 Å². The Morgan fingerprint density at radius 3 is 2.36 bits per heavy atom. The van der Waals surface area contributed by atoms with Crippen LogP contribution in [0.5, 0.6) is 0 Å². The number of nitrogens with two attached hydrogens (primary N) is 1. The average Bonchev–Trinajstić information content (AvgIpc) is 2.18. The van der Waals surface area contributed by atoms with Crippen molar-refractivity contribution in [2.24, 2.45) is 5.73 Å². The van der Waals surface area contributed by atoms with Gasteiger partial charge in [-0.25, -0.2) is 0 Å². The summed E-state index contributed by atoms with van der Waals surface area (Å²) in [5.41, 5.74) is 6.81. The Balaban J connectivity index is 2.77. The molecule has 3 heteroatoms. The summed E-state index contributed by atoms with van der Waals surface area (Å²) in [5.74, 6) is -0.380. The molecule has 0 unspecified atom stereocenters. The molecule has 2 N–H and O–H groups in total. The summed E-state index contributed by atoms with van der Waals surface area (Å²) >= 11 is 0. The molecule has 0 fully saturated rings. The predicted molar refractivity (Wildman–Crippen MR) is 58.5 cm³/mol. The molecular weight excluding hydrogens is 176 g/mol. The molecule has 1 rings (SSSR count). The van der Waals surface area contributed by atoms with E-state index in [0.29, 0.717) is 5.56 Å². The first-order valence-electron chi connectivity index (χ1n) is 4.76. The van der Waals surface area contributed by atoms with Gasteiger partial charge in [-0.05, 0) is 30.7 Å². The minimum absolute atomic E-state index is 0.380. The minimum atomic E-state index is -0.380. The van der Waals surface area contributed by atoms with Crippen LogP contribution >= 0.6 is 0 Å². The zero-order chi connectivity index (χ0) is 10.6. The second-order valence-electron chi connectivity index (χ2n) is 3.33. The molecule has 0 spiro atoms. The molecule has 0 saturated heterocycles. The number of carbonyl (C=O) groups excluding carboxylic acids is 1. The van der Waals surface area contributed by atoms with E-state index in [-0.39, 0.29) is 5.91 Å². The summed E-state index contributed by atoms with van der Waals surface area (Å²) in [4.78, 5) is 13.0. The van der Waals surface area contributed by atoms with Gasteiger partial charge in [0.2, 0.25) is 5.91 Å². The first kappa shape index (κ1) is 10.6. The van der Waals surface area contributed by atoms with Crippen molar-refractivity contribution < 1.29 is 4.79 Å². The van der Waals surface area contributed by atoms with Gasteiger partial charge >= 0.3 is 0 Å². The van der Waals surface area contributed by atoms with Crippen LogP contribution in [0.4, 0.5) is 5.69 Å². The average molecular weight is 192 g/mol. The molecule has 0 saturated carbocycles. The lowest BCUT2D eigenvalue weighted by Gasteiger charge is -2.18. The number of carbonyl (C=O) groups is 1. The Morgan fingerprint density at radius 2 is 1.93 bits per heavy atom. The molecule has 0 aliphatic rings. The summed E-state index contributed by atoms with van der Waals surface area (Å²) in [6.45, 7) is 3.14. The SMILES string of the molecule is CCCN(C)c1ccc(C(N)=O)cc1. The molecule has 1 aromatic rings. The van der Waals surface area contributed by atoms with Crippen LogP contribution in [0.25, 0.3) is 0 Å². The lowest BCUT2D eigenvalue weighted by atomic mass is 10.2. The van der Waals surface area contributed by atoms with E-state index >= 15 is 0 Å². The number of nitrogens with zero attached hydrogens (tertiary/aromatic N) is 1. The number of hydrogen-bond donors (Lipinski definition) is 1. The molecule has 1 amide bonds. The Bertz CT molecular complexity index is 306. The first-order valence-corrected chi connectivity index (χ1v) is 4.76. The number of hydrogen-bond acceptors (Lipinski definition) is 2. The summed E-state index contributed by atoms with van der Waals surface area (Å²) < 4.78 is 0. The number of anilines is 1. The number of benzene rings is 1. The van der Waals surface area contributed by atoms with Gasteiger partial charge in [0.05, 0.1) is 0 Å². The zero-order valence-electron chi connectivity index (χ0n) is 8.66. The number of amides is 1. The molecule has 0 aromatic heterocycles. The van der Waals surface area contributed by atoms with E-state index in [2.05, 4.69) is 11.8 Å². The number of rotatable bonds is 4. The van der Waals surface area contributed by atoms with Gasteiger partial charge < -0.3 is 10.6 Å². The van der Waals surface area contributed by atoms with Crippen molar-refractivity contribution in [3.63, 3.8) is 0 Å². The van der Waals surface area contributed by atoms with Gasteiger partial charge in [0.1, 0.15) is 0 Å². The maximum Gasteiger partial charge on any atom is 0.248 e. The predicted octanol–water partition coefficient (Wildman–Crippen LogP) is 1.63. The standard InChI is InChI=1S/C11H16N2O/c1-3-8-13(2)10-6-4-9(5-7-10)11(12)14/h4-7H,3,8H2,1-2H3,(H2,12,14). The van der Waals surface area contributed by atoms with Crippen LogP contribution in [0, 0.1) is 0 Å². The molecule has 0 aliphatic heterocycles. The molecule has 14 heavy (non-hydrogen) atoms. The Kier molecular flexibility index (Phi) is 3.51. The fourth-order valence-electron chi connectivity index (χ4n) is 1.34. The normalized spacial score (nSPS) is 9.86. The summed E-state index contributed by atoms with van der Waals surface area (Å²) in [7, 11) is 2.03. The highest BCUT2D eigenvalue weighted by Gasteiger charge is 2.02. The third kappa shape index (κ3) is 2.49. The Labute approximate surface area is 84.5 Å². The maximum absolute atomic E-state index is 10.8. The molecular formula is C11H16N2O. The van der Waals surface area contributed by atoms with Crippen LogP contribution < -0.4 is 10.6 Å². The molecule has 76 valence electrons. The zero-order valence-corrected chi connectivity index (χ0v) is 8.66. The van der Waals surface area contributed by atoms with E-state index in [9.17, 15) is 4.79 Å². The number of primary amides is 1. The van der Waals surface area contributed by atoms with Crippen LogP contribution in [-0.4, -0.2) is 19.5 Å². The third-order valence-corrected chi connectivity index (χ3v) is 2.15. The molecule has 0 heterocycles. The maximum atomic E-state index is 10.8. The summed E-state index contributed by atoms with van der Waals surface area (Å²) in [6, 6.07) is 7.33. The highest BCUT2D eigenvalue weighted by atomic mass is 16.1. The van der Waals surface area contributed by atoms with Crippen LogP contribution in [0.15, 0.2) is 24.3 Å². The fourth-order valence-corrected chi connectivity index (χ4v) is 1.34. The van der Waals surface area contributed by atoms with Crippen LogP contribution in [0.3, 0.4) is 0 Å². The highest BCUT2D eigenvalue weighted by molar-refractivity contribution is 5.93. The Hall–Kier alpha value is -1.51. The van der Waals surface area contributed by atoms with Crippen molar-refractivity contribution in [2.75, 3.05) is 18.5 Å². The van der Waals surface area contributed by atoms with E-state index < -0.39 is 0 Å². The molecule has 0 radical (unpaired) electrons. The van der Waals surface area contributed by atoms with Crippen molar-refractivity contribution >= 4 is 11.6 Å². The third-order valence-electron chi connectivity index (χ3n) is 2.15. The quantitative estimate of drug-likeness (QED) is 0.788. The molecule has 0 bridgehead atoms. The van der Waals surface area contributed by atoms with Gasteiger partial charge in [-0.1, -0.05) is 6.92 Å². The minimum Gasteiger partial charge on any atom is -0.375 e. The molecule has 1 aromatic carbocycles. The van der Waals surface area contributed by atoms with Gasteiger partial charge in [-0.3, -0.25) is 4.79 Å². The second kappa shape index (κ2) is 4.65. The largest absolute Gasteiger partial charge is 0.375 e. The van der Waals surface area contributed by atoms with Gasteiger partial charge in [0.25, 0.3) is 0 Å². The Morgan fingerprint density at radius 1 is 1.36 bits per heavy atom. The summed E-state index contributed by atoms with van der Waals surface area (Å²) in [6.07, 6.45) is 1.11. The van der Waals surface area contributed by atoms with Crippen molar-refractivity contribution in [3.8, 4) is 0 Å². The van der Waals surface area contributed by atoms with Crippen LogP contribution in [-0.2, 0) is 0 Å². The van der Waals surface area contributed by atoms with E-state index in [1.165, 1.54) is 0 Å². The molecule has 0 atom stereocenters. The van der Waals surface area contributed by atoms with Gasteiger partial charge in [-0.15, -0.1) is 0 Å². The topological polar surface area (TPSA) is 46.3 Å². The highest BCUT2D eigenvalue weighted by Crippen LogP contribution is 2.13. The van der Waals surface area contributed by atoms with Gasteiger partial charge in [0.15, 0.2) is 0 Å². The van der Waals surface area contributed by atoms with Crippen molar-refractivity contribution in [3.05, 3.63) is 29.8 Å².